The fourth-order valence-corrected chi connectivity index (χ4v) is 2.60. The van der Waals surface area contributed by atoms with Crippen LogP contribution in [0.1, 0.15) is 17.4 Å². The van der Waals surface area contributed by atoms with Crippen LogP contribution in [-0.2, 0) is 6.42 Å². The number of rotatable bonds is 3. The van der Waals surface area contributed by atoms with Gasteiger partial charge in [-0.15, -0.1) is 0 Å². The van der Waals surface area contributed by atoms with Crippen LogP contribution in [0.25, 0.3) is 10.8 Å². The average Bonchev–Trinajstić information content (AvgIpc) is 2.50. The molecule has 21 heavy (non-hydrogen) atoms. The molecule has 1 atom stereocenters. The van der Waals surface area contributed by atoms with Crippen molar-refractivity contribution >= 4 is 22.4 Å². The van der Waals surface area contributed by atoms with Gasteiger partial charge in [0.1, 0.15) is 11.9 Å². The van der Waals surface area contributed by atoms with E-state index >= 15 is 0 Å². The van der Waals surface area contributed by atoms with E-state index in [0.29, 0.717) is 12.1 Å². The van der Waals surface area contributed by atoms with E-state index in [4.69, 9.17) is 11.6 Å². The third-order valence-corrected chi connectivity index (χ3v) is 3.72. The molecule has 0 amide bonds. The van der Waals surface area contributed by atoms with Gasteiger partial charge in [0, 0.05) is 18.0 Å². The van der Waals surface area contributed by atoms with Crippen LogP contribution in [0.5, 0.6) is 0 Å². The van der Waals surface area contributed by atoms with Crippen LogP contribution < -0.4 is 0 Å². The molecule has 0 radical (unpaired) electrons. The van der Waals surface area contributed by atoms with Gasteiger partial charge in [-0.2, -0.15) is 0 Å². The summed E-state index contributed by atoms with van der Waals surface area (Å²) in [6.07, 6.45) is 1.25. The van der Waals surface area contributed by atoms with Crippen LogP contribution in [0.2, 0.25) is 5.02 Å². The fraction of sp³-hybridized carbons (Fsp3) is 0.118. The van der Waals surface area contributed by atoms with Crippen molar-refractivity contribution in [3.63, 3.8) is 0 Å². The lowest BCUT2D eigenvalue weighted by atomic mass is 10.0. The summed E-state index contributed by atoms with van der Waals surface area (Å²) in [4.78, 5) is 4.29. The summed E-state index contributed by atoms with van der Waals surface area (Å²) in [5.41, 5.74) is 1.39. The van der Waals surface area contributed by atoms with E-state index in [1.165, 1.54) is 12.1 Å². The van der Waals surface area contributed by atoms with Gasteiger partial charge in [-0.25, -0.2) is 4.39 Å². The molecular formula is C17H13ClFNO. The van der Waals surface area contributed by atoms with Crippen LogP contribution in [0, 0.1) is 5.82 Å². The van der Waals surface area contributed by atoms with Crippen LogP contribution in [0.4, 0.5) is 4.39 Å². The molecule has 0 saturated carbocycles. The van der Waals surface area contributed by atoms with Crippen LogP contribution >= 0.6 is 11.6 Å². The minimum absolute atomic E-state index is 0.0607. The van der Waals surface area contributed by atoms with E-state index in [1.54, 1.807) is 12.3 Å². The van der Waals surface area contributed by atoms with Crippen LogP contribution in [0.3, 0.4) is 0 Å². The number of aliphatic hydroxyl groups is 1. The normalized spacial score (nSPS) is 12.5. The quantitative estimate of drug-likeness (QED) is 0.782. The van der Waals surface area contributed by atoms with Gasteiger partial charge in [-0.1, -0.05) is 41.9 Å². The predicted octanol–water partition coefficient (Wildman–Crippen LogP) is 4.30. The van der Waals surface area contributed by atoms with Crippen LogP contribution in [0.15, 0.2) is 54.7 Å². The second-order valence-corrected chi connectivity index (χ2v) is 5.29. The molecular weight excluding hydrogens is 289 g/mol. The Hall–Kier alpha value is -1.97. The highest BCUT2D eigenvalue weighted by Crippen LogP contribution is 2.26. The minimum atomic E-state index is -0.766. The Labute approximate surface area is 126 Å². The molecule has 1 heterocycles. The minimum Gasteiger partial charge on any atom is -0.386 e. The van der Waals surface area contributed by atoms with E-state index in [0.717, 1.165) is 16.3 Å². The molecule has 0 fully saturated rings. The topological polar surface area (TPSA) is 33.1 Å². The number of hydrogen-bond acceptors (Lipinski definition) is 2. The monoisotopic (exact) mass is 301 g/mol. The molecule has 3 aromatic rings. The zero-order valence-electron chi connectivity index (χ0n) is 11.1. The number of hydrogen-bond donors (Lipinski definition) is 1. The summed E-state index contributed by atoms with van der Waals surface area (Å²) in [6, 6.07) is 14.1. The number of aromatic nitrogens is 1. The zero-order valence-corrected chi connectivity index (χ0v) is 11.9. The summed E-state index contributed by atoms with van der Waals surface area (Å²) < 4.78 is 13.2. The number of halogens is 2. The second kappa shape index (κ2) is 5.80. The molecule has 4 heteroatoms. The SMILES string of the molecule is OC(Cc1ccc(F)c(Cl)c1)c1nccc2ccccc12. The largest absolute Gasteiger partial charge is 0.386 e. The molecule has 0 aliphatic rings. The van der Waals surface area contributed by atoms with Gasteiger partial charge in [-0.05, 0) is 29.1 Å². The molecule has 1 unspecified atom stereocenters. The maximum absolute atomic E-state index is 13.2. The van der Waals surface area contributed by atoms with Crippen molar-refractivity contribution in [1.82, 2.24) is 4.98 Å². The Balaban J connectivity index is 1.93. The van der Waals surface area contributed by atoms with Gasteiger partial charge in [0.2, 0.25) is 0 Å². The summed E-state index contributed by atoms with van der Waals surface area (Å²) >= 11 is 5.77. The standard InChI is InChI=1S/C17H13ClFNO/c18-14-9-11(5-6-15(14)19)10-16(21)17-13-4-2-1-3-12(13)7-8-20-17/h1-9,16,21H,10H2. The highest BCUT2D eigenvalue weighted by Gasteiger charge is 2.14. The lowest BCUT2D eigenvalue weighted by Crippen LogP contribution is -2.05. The van der Waals surface area contributed by atoms with Gasteiger partial charge >= 0.3 is 0 Å². The smallest absolute Gasteiger partial charge is 0.141 e. The lowest BCUT2D eigenvalue weighted by Gasteiger charge is -2.13. The fourth-order valence-electron chi connectivity index (χ4n) is 2.40. The van der Waals surface area contributed by atoms with Crippen molar-refractivity contribution in [3.05, 3.63) is 76.8 Å². The van der Waals surface area contributed by atoms with Gasteiger partial charge in [0.05, 0.1) is 10.7 Å². The number of aliphatic hydroxyl groups excluding tert-OH is 1. The van der Waals surface area contributed by atoms with E-state index < -0.39 is 11.9 Å². The van der Waals surface area contributed by atoms with Crippen molar-refractivity contribution in [2.45, 2.75) is 12.5 Å². The molecule has 1 aromatic heterocycles. The molecule has 0 spiro atoms. The van der Waals surface area contributed by atoms with E-state index in [-0.39, 0.29) is 5.02 Å². The number of pyridine rings is 1. The Bertz CT molecular complexity index is 785. The maximum Gasteiger partial charge on any atom is 0.141 e. The first kappa shape index (κ1) is 14.0. The van der Waals surface area contributed by atoms with Gasteiger partial charge in [-0.3, -0.25) is 4.98 Å². The maximum atomic E-state index is 13.2. The molecule has 2 nitrogen and oxygen atoms in total. The van der Waals surface area contributed by atoms with E-state index in [1.807, 2.05) is 30.3 Å². The first-order chi connectivity index (χ1) is 10.1. The average molecular weight is 302 g/mol. The van der Waals surface area contributed by atoms with Crippen LogP contribution in [-0.4, -0.2) is 10.1 Å². The van der Waals surface area contributed by atoms with Gasteiger partial charge < -0.3 is 5.11 Å². The Morgan fingerprint density at radius 2 is 1.95 bits per heavy atom. The van der Waals surface area contributed by atoms with Crippen molar-refractivity contribution in [2.24, 2.45) is 0 Å². The predicted molar refractivity (Wildman–Crippen MR) is 81.8 cm³/mol. The molecule has 1 N–H and O–H groups in total. The summed E-state index contributed by atoms with van der Waals surface area (Å²) in [5.74, 6) is -0.460. The highest BCUT2D eigenvalue weighted by atomic mass is 35.5. The summed E-state index contributed by atoms with van der Waals surface area (Å²) in [7, 11) is 0. The molecule has 3 rings (SSSR count). The van der Waals surface area contributed by atoms with Crippen molar-refractivity contribution in [1.29, 1.82) is 0 Å². The lowest BCUT2D eigenvalue weighted by molar-refractivity contribution is 0.175. The van der Waals surface area contributed by atoms with E-state index in [2.05, 4.69) is 4.98 Å². The molecule has 0 aliphatic heterocycles. The zero-order chi connectivity index (χ0) is 14.8. The molecule has 2 aromatic carbocycles. The van der Waals surface area contributed by atoms with E-state index in [9.17, 15) is 9.50 Å². The number of nitrogens with zero attached hydrogens (tertiary/aromatic N) is 1. The molecule has 0 bridgehead atoms. The molecule has 0 aliphatic carbocycles. The Morgan fingerprint density at radius 1 is 1.14 bits per heavy atom. The van der Waals surface area contributed by atoms with Crippen molar-refractivity contribution in [2.75, 3.05) is 0 Å². The first-order valence-electron chi connectivity index (χ1n) is 6.61. The Morgan fingerprint density at radius 3 is 2.76 bits per heavy atom. The van der Waals surface area contributed by atoms with Crippen molar-refractivity contribution in [3.8, 4) is 0 Å². The van der Waals surface area contributed by atoms with Gasteiger partial charge in [0.15, 0.2) is 0 Å². The second-order valence-electron chi connectivity index (χ2n) is 4.89. The first-order valence-corrected chi connectivity index (χ1v) is 6.98. The molecule has 106 valence electrons. The number of benzene rings is 2. The van der Waals surface area contributed by atoms with Gasteiger partial charge in [0.25, 0.3) is 0 Å². The third-order valence-electron chi connectivity index (χ3n) is 3.43. The third kappa shape index (κ3) is 2.89. The summed E-state index contributed by atoms with van der Waals surface area (Å²) in [5, 5.41) is 12.4. The molecule has 0 saturated heterocycles. The number of fused-ring (bicyclic) bond motifs is 1. The summed E-state index contributed by atoms with van der Waals surface area (Å²) in [6.45, 7) is 0. The van der Waals surface area contributed by atoms with Crippen molar-refractivity contribution < 1.29 is 9.50 Å². The highest BCUT2D eigenvalue weighted by molar-refractivity contribution is 6.30. The Kier molecular flexibility index (Phi) is 3.86.